The van der Waals surface area contributed by atoms with E-state index in [9.17, 15) is 9.18 Å². The van der Waals surface area contributed by atoms with Crippen LogP contribution in [0.2, 0.25) is 0 Å². The van der Waals surface area contributed by atoms with Gasteiger partial charge >= 0.3 is 0 Å². The van der Waals surface area contributed by atoms with Crippen LogP contribution in [0, 0.1) is 5.82 Å². The summed E-state index contributed by atoms with van der Waals surface area (Å²) >= 11 is 0. The van der Waals surface area contributed by atoms with Gasteiger partial charge in [0.25, 0.3) is 5.91 Å². The third kappa shape index (κ3) is 2.72. The number of nitrogens with zero attached hydrogens (tertiary/aromatic N) is 1. The first-order chi connectivity index (χ1) is 8.70. The van der Waals surface area contributed by atoms with Gasteiger partial charge in [-0.1, -0.05) is 12.1 Å². The van der Waals surface area contributed by atoms with E-state index >= 15 is 0 Å². The van der Waals surface area contributed by atoms with Gasteiger partial charge in [0.15, 0.2) is 0 Å². The molecule has 0 bridgehead atoms. The molecule has 1 amide bonds. The van der Waals surface area contributed by atoms with Crippen molar-refractivity contribution in [2.24, 2.45) is 5.73 Å². The van der Waals surface area contributed by atoms with Crippen molar-refractivity contribution in [2.45, 2.75) is 13.1 Å². The van der Waals surface area contributed by atoms with Crippen molar-refractivity contribution in [2.75, 3.05) is 0 Å². The molecule has 5 nitrogen and oxygen atoms in total. The standard InChI is InChI=1S/C12H13FN4O/c13-11-3-8(1-2-9(11)4-14)5-15-12(18)10-6-16-17-7-10/h1-3,6-7H,4-5,14H2,(H,15,18)(H,16,17). The normalized spacial score (nSPS) is 10.3. The molecule has 1 heterocycles. The van der Waals surface area contributed by atoms with Crippen LogP contribution < -0.4 is 11.1 Å². The van der Waals surface area contributed by atoms with Gasteiger partial charge in [0.2, 0.25) is 0 Å². The lowest BCUT2D eigenvalue weighted by Crippen LogP contribution is -2.22. The second-order valence-corrected chi connectivity index (χ2v) is 3.80. The van der Waals surface area contributed by atoms with Gasteiger partial charge in [-0.3, -0.25) is 9.89 Å². The Morgan fingerprint density at radius 1 is 1.50 bits per heavy atom. The van der Waals surface area contributed by atoms with Crippen LogP contribution in [0.1, 0.15) is 21.5 Å². The molecule has 0 aliphatic carbocycles. The van der Waals surface area contributed by atoms with Crippen LogP contribution >= 0.6 is 0 Å². The van der Waals surface area contributed by atoms with Crippen molar-refractivity contribution in [3.05, 3.63) is 53.1 Å². The largest absolute Gasteiger partial charge is 0.348 e. The Morgan fingerprint density at radius 2 is 2.33 bits per heavy atom. The van der Waals surface area contributed by atoms with Crippen molar-refractivity contribution in [3.63, 3.8) is 0 Å². The monoisotopic (exact) mass is 248 g/mol. The molecule has 1 aromatic heterocycles. The summed E-state index contributed by atoms with van der Waals surface area (Å²) in [5.74, 6) is -0.611. The molecule has 0 radical (unpaired) electrons. The summed E-state index contributed by atoms with van der Waals surface area (Å²) < 4.78 is 13.4. The first kappa shape index (κ1) is 12.3. The molecule has 0 fully saturated rings. The summed E-state index contributed by atoms with van der Waals surface area (Å²) in [5, 5.41) is 8.89. The Balaban J connectivity index is 1.98. The summed E-state index contributed by atoms with van der Waals surface area (Å²) in [7, 11) is 0. The summed E-state index contributed by atoms with van der Waals surface area (Å²) in [6, 6.07) is 4.73. The quantitative estimate of drug-likeness (QED) is 0.752. The maximum atomic E-state index is 13.4. The number of benzene rings is 1. The number of nitrogens with one attached hydrogen (secondary N) is 2. The molecule has 2 aromatic rings. The number of amides is 1. The molecule has 0 spiro atoms. The minimum atomic E-state index is -0.354. The number of halogens is 1. The highest BCUT2D eigenvalue weighted by atomic mass is 19.1. The van der Waals surface area contributed by atoms with Gasteiger partial charge in [-0.05, 0) is 11.6 Å². The zero-order valence-corrected chi connectivity index (χ0v) is 9.61. The highest BCUT2D eigenvalue weighted by molar-refractivity contribution is 5.93. The lowest BCUT2D eigenvalue weighted by Gasteiger charge is -2.06. The van der Waals surface area contributed by atoms with Crippen molar-refractivity contribution in [1.82, 2.24) is 15.5 Å². The van der Waals surface area contributed by atoms with E-state index in [0.29, 0.717) is 16.7 Å². The molecular formula is C12H13FN4O. The molecule has 94 valence electrons. The molecule has 4 N–H and O–H groups in total. The number of H-pyrrole nitrogens is 1. The Hall–Kier alpha value is -2.21. The van der Waals surface area contributed by atoms with Crippen molar-refractivity contribution in [1.29, 1.82) is 0 Å². The molecule has 0 aliphatic heterocycles. The van der Waals surface area contributed by atoms with Crippen molar-refractivity contribution < 1.29 is 9.18 Å². The highest BCUT2D eigenvalue weighted by Crippen LogP contribution is 2.09. The maximum absolute atomic E-state index is 13.4. The van der Waals surface area contributed by atoms with Crippen LogP contribution in [0.4, 0.5) is 4.39 Å². The van der Waals surface area contributed by atoms with E-state index in [1.165, 1.54) is 18.5 Å². The van der Waals surface area contributed by atoms with E-state index in [1.54, 1.807) is 12.1 Å². The van der Waals surface area contributed by atoms with Crippen molar-refractivity contribution >= 4 is 5.91 Å². The fraction of sp³-hybridized carbons (Fsp3) is 0.167. The molecule has 0 saturated heterocycles. The van der Waals surface area contributed by atoms with Crippen LogP contribution in [0.25, 0.3) is 0 Å². The third-order valence-corrected chi connectivity index (χ3v) is 2.55. The summed E-state index contributed by atoms with van der Waals surface area (Å²) in [5.41, 5.74) is 6.95. The second kappa shape index (κ2) is 5.42. The van der Waals surface area contributed by atoms with Crippen LogP contribution in [-0.2, 0) is 13.1 Å². The van der Waals surface area contributed by atoms with Gasteiger partial charge in [0, 0.05) is 24.8 Å². The number of hydrogen-bond acceptors (Lipinski definition) is 3. The Morgan fingerprint density at radius 3 is 2.94 bits per heavy atom. The zero-order valence-electron chi connectivity index (χ0n) is 9.61. The van der Waals surface area contributed by atoms with Crippen LogP contribution in [-0.4, -0.2) is 16.1 Å². The van der Waals surface area contributed by atoms with E-state index in [-0.39, 0.29) is 24.8 Å². The lowest BCUT2D eigenvalue weighted by atomic mass is 10.1. The van der Waals surface area contributed by atoms with E-state index < -0.39 is 0 Å². The molecule has 18 heavy (non-hydrogen) atoms. The Labute approximate surface area is 103 Å². The summed E-state index contributed by atoms with van der Waals surface area (Å²) in [4.78, 5) is 11.6. The number of carbonyl (C=O) groups excluding carboxylic acids is 1. The maximum Gasteiger partial charge on any atom is 0.254 e. The average Bonchev–Trinajstić information content (AvgIpc) is 2.90. The molecule has 0 unspecified atom stereocenters. The minimum Gasteiger partial charge on any atom is -0.348 e. The molecule has 0 aliphatic rings. The number of carbonyl (C=O) groups is 1. The van der Waals surface area contributed by atoms with Crippen molar-refractivity contribution in [3.8, 4) is 0 Å². The average molecular weight is 248 g/mol. The van der Waals surface area contributed by atoms with E-state index in [2.05, 4.69) is 15.5 Å². The molecular weight excluding hydrogens is 235 g/mol. The Bertz CT molecular complexity index is 539. The number of rotatable bonds is 4. The smallest absolute Gasteiger partial charge is 0.254 e. The summed E-state index contributed by atoms with van der Waals surface area (Å²) in [6.45, 7) is 0.416. The predicted molar refractivity (Wildman–Crippen MR) is 64.0 cm³/mol. The fourth-order valence-corrected chi connectivity index (χ4v) is 1.53. The summed E-state index contributed by atoms with van der Waals surface area (Å²) in [6.07, 6.45) is 2.92. The first-order valence-corrected chi connectivity index (χ1v) is 5.45. The zero-order chi connectivity index (χ0) is 13.0. The predicted octanol–water partition coefficient (Wildman–Crippen LogP) is 0.937. The highest BCUT2D eigenvalue weighted by Gasteiger charge is 2.07. The molecule has 0 atom stereocenters. The lowest BCUT2D eigenvalue weighted by molar-refractivity contribution is 0.0951. The van der Waals surface area contributed by atoms with Gasteiger partial charge in [-0.15, -0.1) is 0 Å². The Kier molecular flexibility index (Phi) is 3.69. The number of nitrogens with two attached hydrogens (primary N) is 1. The minimum absolute atomic E-state index is 0.160. The van der Waals surface area contributed by atoms with Gasteiger partial charge in [-0.25, -0.2) is 4.39 Å². The SMILES string of the molecule is NCc1ccc(CNC(=O)c2cn[nH]c2)cc1F. The second-order valence-electron chi connectivity index (χ2n) is 3.80. The van der Waals surface area contributed by atoms with E-state index in [0.717, 1.165) is 0 Å². The number of aromatic nitrogens is 2. The van der Waals surface area contributed by atoms with Crippen LogP contribution in [0.5, 0.6) is 0 Å². The first-order valence-electron chi connectivity index (χ1n) is 5.45. The van der Waals surface area contributed by atoms with Crippen LogP contribution in [0.3, 0.4) is 0 Å². The number of hydrogen-bond donors (Lipinski definition) is 3. The fourth-order valence-electron chi connectivity index (χ4n) is 1.53. The molecule has 2 rings (SSSR count). The number of aromatic amines is 1. The van der Waals surface area contributed by atoms with Gasteiger partial charge in [-0.2, -0.15) is 5.10 Å². The molecule has 6 heteroatoms. The van der Waals surface area contributed by atoms with Gasteiger partial charge < -0.3 is 11.1 Å². The van der Waals surface area contributed by atoms with E-state index in [1.807, 2.05) is 0 Å². The van der Waals surface area contributed by atoms with Gasteiger partial charge in [0.05, 0.1) is 11.8 Å². The van der Waals surface area contributed by atoms with E-state index in [4.69, 9.17) is 5.73 Å². The van der Waals surface area contributed by atoms with Gasteiger partial charge in [0.1, 0.15) is 5.82 Å². The molecule has 0 saturated carbocycles. The topological polar surface area (TPSA) is 83.8 Å². The third-order valence-electron chi connectivity index (χ3n) is 2.55. The molecule has 1 aromatic carbocycles. The van der Waals surface area contributed by atoms with Crippen LogP contribution in [0.15, 0.2) is 30.6 Å².